The van der Waals surface area contributed by atoms with Crippen LogP contribution < -0.4 is 0 Å². The fourth-order valence-corrected chi connectivity index (χ4v) is 2.00. The van der Waals surface area contributed by atoms with Crippen LogP contribution in [0.1, 0.15) is 26.3 Å². The number of sulfonamides is 1. The molecule has 0 atom stereocenters. The summed E-state index contributed by atoms with van der Waals surface area (Å²) in [6.45, 7) is 6.50. The van der Waals surface area contributed by atoms with E-state index in [0.717, 1.165) is 5.56 Å². The monoisotopic (exact) mass is 303 g/mol. The van der Waals surface area contributed by atoms with Crippen molar-refractivity contribution in [1.29, 1.82) is 0 Å². The van der Waals surface area contributed by atoms with E-state index in [-0.39, 0.29) is 4.90 Å². The highest BCUT2D eigenvalue weighted by Crippen LogP contribution is 2.16. The Morgan fingerprint density at radius 2 is 1.70 bits per heavy atom. The first-order valence-electron chi connectivity index (χ1n) is 5.74. The molecule has 112 valence electrons. The molecular weight excluding hydrogens is 286 g/mol. The lowest BCUT2D eigenvalue weighted by Crippen LogP contribution is -2.34. The largest absolute Gasteiger partial charge is 0.531 e. The molecule has 1 rings (SSSR count). The molecule has 0 unspecified atom stereocenters. The molecule has 0 aliphatic heterocycles. The number of ether oxygens (including phenoxy) is 1. The van der Waals surface area contributed by atoms with Crippen molar-refractivity contribution >= 4 is 16.2 Å². The second kappa shape index (κ2) is 5.78. The Hall–Kier alpha value is -1.64. The van der Waals surface area contributed by atoms with Gasteiger partial charge in [0.2, 0.25) is 0 Å². The van der Waals surface area contributed by atoms with E-state index in [4.69, 9.17) is 4.74 Å². The topological polar surface area (TPSA) is 93.1 Å². The molecule has 0 bridgehead atoms. The van der Waals surface area contributed by atoms with E-state index in [0.29, 0.717) is 0 Å². The van der Waals surface area contributed by atoms with Crippen LogP contribution in [0.15, 0.2) is 29.2 Å². The predicted molar refractivity (Wildman–Crippen MR) is 69.3 cm³/mol. The second-order valence-electron chi connectivity index (χ2n) is 5.08. The van der Waals surface area contributed by atoms with E-state index in [9.17, 15) is 18.4 Å². The molecule has 0 heterocycles. The predicted octanol–water partition coefficient (Wildman–Crippen LogP) is 2.24. The van der Waals surface area contributed by atoms with E-state index >= 15 is 0 Å². The molecule has 8 heteroatoms. The van der Waals surface area contributed by atoms with Crippen LogP contribution in [0.25, 0.3) is 0 Å². The van der Waals surface area contributed by atoms with Gasteiger partial charge in [0.25, 0.3) is 10.0 Å². The van der Waals surface area contributed by atoms with Gasteiger partial charge in [0.1, 0.15) is 10.2 Å². The van der Waals surface area contributed by atoms with Crippen LogP contribution in [0.5, 0.6) is 0 Å². The lowest BCUT2D eigenvalue weighted by molar-refractivity contribution is -0.242. The fraction of sp³-hybridized carbons (Fsp3) is 0.417. The smallest absolute Gasteiger partial charge is 0.427 e. The van der Waals surface area contributed by atoms with Crippen LogP contribution in [0, 0.1) is 6.92 Å². The van der Waals surface area contributed by atoms with E-state index < -0.39 is 26.4 Å². The van der Waals surface area contributed by atoms with Crippen molar-refractivity contribution in [3.63, 3.8) is 0 Å². The van der Waals surface area contributed by atoms with Gasteiger partial charge < -0.3 is 4.74 Å². The van der Waals surface area contributed by atoms with Gasteiger partial charge >= 0.3 is 6.16 Å². The number of rotatable bonds is 3. The first kappa shape index (κ1) is 16.4. The number of aryl methyl sites for hydroxylation is 1. The molecule has 0 saturated heterocycles. The first-order valence-corrected chi connectivity index (χ1v) is 7.18. The summed E-state index contributed by atoms with van der Waals surface area (Å²) in [7, 11) is -4.34. The Morgan fingerprint density at radius 3 is 2.15 bits per heavy atom. The maximum Gasteiger partial charge on any atom is 0.531 e. The lowest BCUT2D eigenvalue weighted by Gasteiger charge is -2.20. The molecule has 0 spiro atoms. The minimum atomic E-state index is -4.34. The zero-order valence-electron chi connectivity index (χ0n) is 11.7. The third-order valence-corrected chi connectivity index (χ3v) is 3.42. The molecule has 1 aromatic rings. The van der Waals surface area contributed by atoms with Crippen molar-refractivity contribution in [3.8, 4) is 0 Å². The van der Waals surface area contributed by atoms with Crippen LogP contribution in [-0.2, 0) is 19.6 Å². The minimum Gasteiger partial charge on any atom is -0.427 e. The van der Waals surface area contributed by atoms with Gasteiger partial charge in [-0.05, 0) is 39.8 Å². The number of carbonyl (C=O) groups excluding carboxylic acids is 1. The van der Waals surface area contributed by atoms with E-state index in [2.05, 4.69) is 4.84 Å². The van der Waals surface area contributed by atoms with Gasteiger partial charge in [-0.1, -0.05) is 17.7 Å². The van der Waals surface area contributed by atoms with Crippen molar-refractivity contribution in [1.82, 2.24) is 4.63 Å². The minimum absolute atomic E-state index is 0.214. The Kier molecular flexibility index (Phi) is 4.74. The van der Waals surface area contributed by atoms with Gasteiger partial charge in [-0.2, -0.15) is 0 Å². The van der Waals surface area contributed by atoms with Gasteiger partial charge in [-0.25, -0.2) is 13.2 Å². The van der Waals surface area contributed by atoms with Crippen molar-refractivity contribution in [2.45, 2.75) is 38.2 Å². The Balaban J connectivity index is 2.83. The molecule has 0 aromatic heterocycles. The summed E-state index contributed by atoms with van der Waals surface area (Å²) >= 11 is 0. The first-order chi connectivity index (χ1) is 9.02. The molecule has 0 saturated carbocycles. The zero-order chi connectivity index (χ0) is 15.6. The number of hydrogen-bond donors (Lipinski definition) is 1. The number of carbonyl (C=O) groups is 1. The van der Waals surface area contributed by atoms with Crippen LogP contribution >= 0.6 is 0 Å². The quantitative estimate of drug-likeness (QED) is 0.680. The molecule has 0 radical (unpaired) electrons. The average molecular weight is 303 g/mol. The van der Waals surface area contributed by atoms with Crippen LogP contribution in [-0.4, -0.2) is 30.0 Å². The standard InChI is InChI=1S/C12H17NO6S/c1-9-5-7-10(8-6-9)20(16,17)13(15)19-11(14)18-12(2,3)4/h5-8,15H,1-4H3. The van der Waals surface area contributed by atoms with Crippen LogP contribution in [0.2, 0.25) is 0 Å². The number of hydrogen-bond acceptors (Lipinski definition) is 6. The molecule has 1 aromatic carbocycles. The third-order valence-electron chi connectivity index (χ3n) is 2.07. The van der Waals surface area contributed by atoms with E-state index in [1.807, 2.05) is 0 Å². The second-order valence-corrected chi connectivity index (χ2v) is 6.82. The molecule has 0 amide bonds. The van der Waals surface area contributed by atoms with Gasteiger partial charge in [-0.3, -0.25) is 10.0 Å². The molecule has 7 nitrogen and oxygen atoms in total. The van der Waals surface area contributed by atoms with Crippen LogP contribution in [0.4, 0.5) is 4.79 Å². The molecule has 20 heavy (non-hydrogen) atoms. The Labute approximate surface area is 117 Å². The average Bonchev–Trinajstić information content (AvgIpc) is 2.26. The zero-order valence-corrected chi connectivity index (χ0v) is 12.5. The number of benzene rings is 1. The molecule has 0 aliphatic carbocycles. The summed E-state index contributed by atoms with van der Waals surface area (Å²) < 4.78 is 28.0. The van der Waals surface area contributed by atoms with E-state index in [1.54, 1.807) is 39.8 Å². The van der Waals surface area contributed by atoms with Gasteiger partial charge in [0.15, 0.2) is 0 Å². The van der Waals surface area contributed by atoms with E-state index in [1.165, 1.54) is 12.1 Å². The molecule has 1 N–H and O–H groups in total. The maximum atomic E-state index is 11.9. The summed E-state index contributed by atoms with van der Waals surface area (Å²) in [5, 5.41) is 9.39. The van der Waals surface area contributed by atoms with Crippen molar-refractivity contribution in [2.24, 2.45) is 0 Å². The van der Waals surface area contributed by atoms with Crippen molar-refractivity contribution in [3.05, 3.63) is 29.8 Å². The molecule has 0 fully saturated rings. The lowest BCUT2D eigenvalue weighted by atomic mass is 10.2. The van der Waals surface area contributed by atoms with Gasteiger partial charge in [0.05, 0.1) is 4.90 Å². The molecule has 0 aliphatic rings. The summed E-state index contributed by atoms with van der Waals surface area (Å²) in [5.41, 5.74) is -0.0209. The summed E-state index contributed by atoms with van der Waals surface area (Å²) in [6, 6.07) is 5.67. The fourth-order valence-electron chi connectivity index (χ4n) is 1.18. The van der Waals surface area contributed by atoms with Crippen molar-refractivity contribution < 1.29 is 28.0 Å². The summed E-state index contributed by atoms with van der Waals surface area (Å²) in [4.78, 5) is 15.3. The highest BCUT2D eigenvalue weighted by molar-refractivity contribution is 7.88. The van der Waals surface area contributed by atoms with Gasteiger partial charge in [-0.15, -0.1) is 0 Å². The Bertz CT molecular complexity index is 573. The van der Waals surface area contributed by atoms with Crippen molar-refractivity contribution in [2.75, 3.05) is 0 Å². The molecular formula is C12H17NO6S. The van der Waals surface area contributed by atoms with Gasteiger partial charge in [0, 0.05) is 0 Å². The summed E-state index contributed by atoms with van der Waals surface area (Å²) in [6.07, 6.45) is -1.32. The highest BCUT2D eigenvalue weighted by atomic mass is 32.2. The Morgan fingerprint density at radius 1 is 1.20 bits per heavy atom. The third kappa shape index (κ3) is 4.48. The highest BCUT2D eigenvalue weighted by Gasteiger charge is 2.29. The van der Waals surface area contributed by atoms with Crippen LogP contribution in [0.3, 0.4) is 0 Å². The SMILES string of the molecule is Cc1ccc(S(=O)(=O)N(O)OC(=O)OC(C)(C)C)cc1. The number of nitrogens with zero attached hydrogens (tertiary/aromatic N) is 1. The maximum absolute atomic E-state index is 11.9. The normalized spacial score (nSPS) is 12.3. The summed E-state index contributed by atoms with van der Waals surface area (Å²) in [5.74, 6) is 0.